The van der Waals surface area contributed by atoms with Gasteiger partial charge in [-0.2, -0.15) is 0 Å². The molecule has 0 saturated carbocycles. The van der Waals surface area contributed by atoms with Crippen LogP contribution in [0.2, 0.25) is 0 Å². The van der Waals surface area contributed by atoms with E-state index in [2.05, 4.69) is 30.6 Å². The highest BCUT2D eigenvalue weighted by atomic mass is 79.9. The Morgan fingerprint density at radius 1 is 1.47 bits per heavy atom. The highest BCUT2D eigenvalue weighted by Crippen LogP contribution is 2.21. The molecule has 0 aliphatic rings. The number of halogens is 1. The number of anilines is 1. The molecule has 0 amide bonds. The van der Waals surface area contributed by atoms with Crippen LogP contribution in [0, 0.1) is 0 Å². The first-order chi connectivity index (χ1) is 7.10. The number of rotatable bonds is 3. The third kappa shape index (κ3) is 2.63. The van der Waals surface area contributed by atoms with E-state index in [4.69, 9.17) is 10.5 Å². The van der Waals surface area contributed by atoms with Crippen LogP contribution in [-0.2, 0) is 16.1 Å². The van der Waals surface area contributed by atoms with Crippen LogP contribution < -0.4 is 5.73 Å². The van der Waals surface area contributed by atoms with E-state index in [-0.39, 0.29) is 18.2 Å². The van der Waals surface area contributed by atoms with Gasteiger partial charge in [-0.05, 0) is 15.9 Å². The second-order valence-corrected chi connectivity index (χ2v) is 3.41. The van der Waals surface area contributed by atoms with Gasteiger partial charge < -0.3 is 15.2 Å². The Balaban J connectivity index is 3.16. The quantitative estimate of drug-likeness (QED) is 0.820. The van der Waals surface area contributed by atoms with E-state index in [1.54, 1.807) is 0 Å². The summed E-state index contributed by atoms with van der Waals surface area (Å²) in [5.74, 6) is -0.533. The Hall–Kier alpha value is -1.21. The normalized spacial score (nSPS) is 10.1. The van der Waals surface area contributed by atoms with Crippen molar-refractivity contribution in [2.45, 2.75) is 6.61 Å². The van der Waals surface area contributed by atoms with Crippen LogP contribution in [0.3, 0.4) is 0 Å². The molecular weight excluding hydrogens is 266 g/mol. The molecule has 0 aliphatic heterocycles. The summed E-state index contributed by atoms with van der Waals surface area (Å²) in [4.78, 5) is 18.9. The Bertz CT molecular complexity index is 384. The van der Waals surface area contributed by atoms with Crippen LogP contribution in [0.15, 0.2) is 4.47 Å². The van der Waals surface area contributed by atoms with Gasteiger partial charge in [0.15, 0.2) is 0 Å². The molecule has 6 nitrogen and oxygen atoms in total. The summed E-state index contributed by atoms with van der Waals surface area (Å²) in [5, 5.41) is 0. The molecule has 0 atom stereocenters. The van der Waals surface area contributed by atoms with Crippen LogP contribution in [-0.4, -0.2) is 30.2 Å². The molecule has 1 rings (SSSR count). The zero-order chi connectivity index (χ0) is 11.4. The zero-order valence-electron chi connectivity index (χ0n) is 8.28. The number of nitrogens with zero attached hydrogens (tertiary/aromatic N) is 2. The summed E-state index contributed by atoms with van der Waals surface area (Å²) in [6, 6.07) is 0. The second-order valence-electron chi connectivity index (χ2n) is 2.62. The van der Waals surface area contributed by atoms with Crippen molar-refractivity contribution in [2.75, 3.05) is 20.0 Å². The van der Waals surface area contributed by atoms with Gasteiger partial charge in [0, 0.05) is 7.11 Å². The van der Waals surface area contributed by atoms with Crippen molar-refractivity contribution in [3.63, 3.8) is 0 Å². The lowest BCUT2D eigenvalue weighted by molar-refractivity contribution is 0.0585. The third-order valence-electron chi connectivity index (χ3n) is 1.59. The Labute approximate surface area is 94.9 Å². The first-order valence-electron chi connectivity index (χ1n) is 3.99. The molecule has 0 aromatic carbocycles. The second kappa shape index (κ2) is 5.04. The fourth-order valence-corrected chi connectivity index (χ4v) is 1.22. The third-order valence-corrected chi connectivity index (χ3v) is 2.46. The molecule has 7 heteroatoms. The van der Waals surface area contributed by atoms with Crippen LogP contribution in [0.5, 0.6) is 0 Å². The van der Waals surface area contributed by atoms with Gasteiger partial charge in [0.1, 0.15) is 5.82 Å². The predicted molar refractivity (Wildman–Crippen MR) is 56.2 cm³/mol. The predicted octanol–water partition coefficient (Wildman–Crippen LogP) is 0.754. The lowest BCUT2D eigenvalue weighted by Crippen LogP contribution is -2.12. The number of aromatic nitrogens is 2. The summed E-state index contributed by atoms with van der Waals surface area (Å²) in [6.07, 6.45) is 0. The number of methoxy groups -OCH3 is 2. The van der Waals surface area contributed by atoms with E-state index in [0.717, 1.165) is 0 Å². The monoisotopic (exact) mass is 275 g/mol. The van der Waals surface area contributed by atoms with E-state index >= 15 is 0 Å². The molecule has 0 fully saturated rings. The topological polar surface area (TPSA) is 87.3 Å². The van der Waals surface area contributed by atoms with Crippen LogP contribution in [0.1, 0.15) is 16.3 Å². The molecule has 0 radical (unpaired) electrons. The van der Waals surface area contributed by atoms with Crippen molar-refractivity contribution in [1.82, 2.24) is 9.97 Å². The van der Waals surface area contributed by atoms with Gasteiger partial charge in [-0.1, -0.05) is 0 Å². The SMILES string of the molecule is COCc1nc(C(=O)OC)nc(N)c1Br. The highest BCUT2D eigenvalue weighted by Gasteiger charge is 2.15. The minimum Gasteiger partial charge on any atom is -0.463 e. The molecule has 0 spiro atoms. The van der Waals surface area contributed by atoms with Crippen LogP contribution in [0.4, 0.5) is 5.82 Å². The molecule has 1 aromatic rings. The Morgan fingerprint density at radius 3 is 2.67 bits per heavy atom. The maximum atomic E-state index is 11.2. The van der Waals surface area contributed by atoms with Gasteiger partial charge in [0.05, 0.1) is 23.9 Å². The van der Waals surface area contributed by atoms with Crippen molar-refractivity contribution in [3.05, 3.63) is 16.0 Å². The van der Waals surface area contributed by atoms with Gasteiger partial charge in [0.25, 0.3) is 0 Å². The number of hydrogen-bond donors (Lipinski definition) is 1. The molecule has 0 unspecified atom stereocenters. The first kappa shape index (κ1) is 11.9. The van der Waals surface area contributed by atoms with E-state index in [1.165, 1.54) is 14.2 Å². The van der Waals surface area contributed by atoms with E-state index in [9.17, 15) is 4.79 Å². The minimum atomic E-state index is -0.633. The van der Waals surface area contributed by atoms with E-state index < -0.39 is 5.97 Å². The number of nitrogens with two attached hydrogens (primary N) is 1. The van der Waals surface area contributed by atoms with Gasteiger partial charge in [0.2, 0.25) is 5.82 Å². The first-order valence-corrected chi connectivity index (χ1v) is 4.78. The lowest BCUT2D eigenvalue weighted by Gasteiger charge is -2.06. The zero-order valence-corrected chi connectivity index (χ0v) is 9.87. The van der Waals surface area contributed by atoms with Crippen molar-refractivity contribution in [1.29, 1.82) is 0 Å². The highest BCUT2D eigenvalue weighted by molar-refractivity contribution is 9.10. The summed E-state index contributed by atoms with van der Waals surface area (Å²) < 4.78 is 9.92. The molecule has 15 heavy (non-hydrogen) atoms. The largest absolute Gasteiger partial charge is 0.463 e. The molecule has 0 bridgehead atoms. The van der Waals surface area contributed by atoms with Crippen LogP contribution >= 0.6 is 15.9 Å². The minimum absolute atomic E-state index is 0.0785. The van der Waals surface area contributed by atoms with Crippen molar-refractivity contribution < 1.29 is 14.3 Å². The lowest BCUT2D eigenvalue weighted by atomic mass is 10.4. The number of ether oxygens (including phenoxy) is 2. The van der Waals surface area contributed by atoms with Crippen molar-refractivity contribution in [2.24, 2.45) is 0 Å². The van der Waals surface area contributed by atoms with Gasteiger partial charge >= 0.3 is 5.97 Å². The molecule has 0 aliphatic carbocycles. The molecule has 1 aromatic heterocycles. The molecule has 2 N–H and O–H groups in total. The van der Waals surface area contributed by atoms with Gasteiger partial charge in [-0.25, -0.2) is 14.8 Å². The summed E-state index contributed by atoms with van der Waals surface area (Å²) in [6.45, 7) is 0.233. The standard InChI is InChI=1S/C8H10BrN3O3/c1-14-3-4-5(9)6(10)12-7(11-4)8(13)15-2/h3H2,1-2H3,(H2,10,11,12). The maximum Gasteiger partial charge on any atom is 0.376 e. The average Bonchev–Trinajstić information content (AvgIpc) is 2.23. The fraction of sp³-hybridized carbons (Fsp3) is 0.375. The summed E-state index contributed by atoms with van der Waals surface area (Å²) in [7, 11) is 2.77. The van der Waals surface area contributed by atoms with Crippen molar-refractivity contribution >= 4 is 27.7 Å². The fourth-order valence-electron chi connectivity index (χ4n) is 0.928. The smallest absolute Gasteiger partial charge is 0.376 e. The molecular formula is C8H10BrN3O3. The Kier molecular flexibility index (Phi) is 3.98. The number of carbonyl (C=O) groups is 1. The maximum absolute atomic E-state index is 11.2. The van der Waals surface area contributed by atoms with Gasteiger partial charge in [-0.15, -0.1) is 0 Å². The van der Waals surface area contributed by atoms with E-state index in [0.29, 0.717) is 10.2 Å². The van der Waals surface area contributed by atoms with E-state index in [1.807, 2.05) is 0 Å². The number of nitrogen functional groups attached to an aromatic ring is 1. The van der Waals surface area contributed by atoms with Gasteiger partial charge in [-0.3, -0.25) is 0 Å². The Morgan fingerprint density at radius 2 is 2.13 bits per heavy atom. The molecule has 1 heterocycles. The molecule has 0 saturated heterocycles. The number of hydrogen-bond acceptors (Lipinski definition) is 6. The van der Waals surface area contributed by atoms with Crippen LogP contribution in [0.25, 0.3) is 0 Å². The van der Waals surface area contributed by atoms with Crippen molar-refractivity contribution in [3.8, 4) is 0 Å². The number of carbonyl (C=O) groups excluding carboxylic acids is 1. The average molecular weight is 276 g/mol. The number of esters is 1. The summed E-state index contributed by atoms with van der Waals surface area (Å²) >= 11 is 3.20. The molecule has 82 valence electrons. The summed E-state index contributed by atoms with van der Waals surface area (Å²) in [5.41, 5.74) is 6.09.